The summed E-state index contributed by atoms with van der Waals surface area (Å²) in [7, 11) is 0. The molecule has 0 aliphatic carbocycles. The Morgan fingerprint density at radius 2 is 0.476 bits per heavy atom. The molecule has 0 spiro atoms. The van der Waals surface area contributed by atoms with E-state index in [1.165, 1.54) is 225 Å². The molecule has 1 unspecified atom stereocenters. The molecular weight excluding hydrogens is 1010 g/mol. The molecule has 474 valence electrons. The maximum absolute atomic E-state index is 12.9. The lowest BCUT2D eigenvalue weighted by molar-refractivity contribution is -0.167. The smallest absolute Gasteiger partial charge is 0.306 e. The second-order valence-electron chi connectivity index (χ2n) is 23.8. The van der Waals surface area contributed by atoms with Crippen LogP contribution in [0.4, 0.5) is 0 Å². The van der Waals surface area contributed by atoms with Crippen LogP contribution in [-0.2, 0) is 28.6 Å². The van der Waals surface area contributed by atoms with E-state index in [1.807, 2.05) is 0 Å². The van der Waals surface area contributed by atoms with E-state index in [4.69, 9.17) is 14.2 Å². The average molecular weight is 1140 g/mol. The lowest BCUT2D eigenvalue weighted by atomic mass is 10.0. The Balaban J connectivity index is 4.24. The van der Waals surface area contributed by atoms with Gasteiger partial charge in [0.1, 0.15) is 13.2 Å². The fraction of sp³-hybridized carbons (Fsp3) is 0.776. The van der Waals surface area contributed by atoms with Crippen LogP contribution in [0.1, 0.15) is 361 Å². The molecule has 0 aromatic rings. The van der Waals surface area contributed by atoms with Gasteiger partial charge in [-0.1, -0.05) is 331 Å². The molecule has 1 atom stereocenters. The molecular formula is C76H134O6. The molecule has 0 N–H and O–H groups in total. The van der Waals surface area contributed by atoms with Gasteiger partial charge >= 0.3 is 17.9 Å². The predicted molar refractivity (Wildman–Crippen MR) is 358 cm³/mol. The Hall–Kier alpha value is -3.41. The van der Waals surface area contributed by atoms with Gasteiger partial charge in [-0.05, 0) is 96.3 Å². The Bertz CT molecular complexity index is 1550. The summed E-state index contributed by atoms with van der Waals surface area (Å²) < 4.78 is 16.9. The SMILES string of the molecule is CC/C=C\C/C=C\C/C=C\C/C=C\CCCCC(=O)OCC(COC(=O)CCCCCCCCCCCCCCCCCC/C=C\C/C=C\C/C=C\CCCCCCC)OC(=O)CCCCCCCCCCCCCCCCCCCC. The molecule has 0 aliphatic heterocycles. The van der Waals surface area contributed by atoms with Gasteiger partial charge in [-0.15, -0.1) is 0 Å². The lowest BCUT2D eigenvalue weighted by Gasteiger charge is -2.18. The number of rotatable bonds is 65. The van der Waals surface area contributed by atoms with E-state index in [-0.39, 0.29) is 31.1 Å². The topological polar surface area (TPSA) is 78.9 Å². The van der Waals surface area contributed by atoms with Crippen molar-refractivity contribution in [1.29, 1.82) is 0 Å². The van der Waals surface area contributed by atoms with E-state index in [0.717, 1.165) is 96.3 Å². The summed E-state index contributed by atoms with van der Waals surface area (Å²) in [5, 5.41) is 0. The number of hydrogen-bond acceptors (Lipinski definition) is 6. The number of allylic oxidation sites excluding steroid dienone is 14. The van der Waals surface area contributed by atoms with Crippen LogP contribution in [0.5, 0.6) is 0 Å². The number of carbonyl (C=O) groups is 3. The largest absolute Gasteiger partial charge is 0.462 e. The van der Waals surface area contributed by atoms with Crippen molar-refractivity contribution in [3.05, 3.63) is 85.1 Å². The van der Waals surface area contributed by atoms with E-state index < -0.39 is 6.10 Å². The summed E-state index contributed by atoms with van der Waals surface area (Å²) >= 11 is 0. The Kier molecular flexibility index (Phi) is 67.2. The Morgan fingerprint density at radius 1 is 0.256 bits per heavy atom. The summed E-state index contributed by atoms with van der Waals surface area (Å²) in [6, 6.07) is 0. The maximum atomic E-state index is 12.9. The number of hydrogen-bond donors (Lipinski definition) is 0. The van der Waals surface area contributed by atoms with Crippen molar-refractivity contribution in [3.63, 3.8) is 0 Å². The van der Waals surface area contributed by atoms with E-state index in [1.54, 1.807) is 0 Å². The zero-order valence-electron chi connectivity index (χ0n) is 54.5. The fourth-order valence-corrected chi connectivity index (χ4v) is 10.3. The molecule has 82 heavy (non-hydrogen) atoms. The normalized spacial score (nSPS) is 12.6. The third kappa shape index (κ3) is 67.4. The summed E-state index contributed by atoms with van der Waals surface area (Å²) in [4.78, 5) is 38.4. The number of carbonyl (C=O) groups excluding carboxylic acids is 3. The van der Waals surface area contributed by atoms with Gasteiger partial charge in [0.2, 0.25) is 0 Å². The second-order valence-corrected chi connectivity index (χ2v) is 23.8. The fourth-order valence-electron chi connectivity index (χ4n) is 10.3. The van der Waals surface area contributed by atoms with Crippen molar-refractivity contribution in [2.75, 3.05) is 13.2 Å². The van der Waals surface area contributed by atoms with Gasteiger partial charge in [0.05, 0.1) is 0 Å². The highest BCUT2D eigenvalue weighted by atomic mass is 16.6. The maximum Gasteiger partial charge on any atom is 0.306 e. The number of ether oxygens (including phenoxy) is 3. The minimum absolute atomic E-state index is 0.0857. The van der Waals surface area contributed by atoms with Crippen molar-refractivity contribution in [1.82, 2.24) is 0 Å². The van der Waals surface area contributed by atoms with Gasteiger partial charge in [-0.2, -0.15) is 0 Å². The predicted octanol–water partition coefficient (Wildman–Crippen LogP) is 24.6. The molecule has 0 saturated carbocycles. The van der Waals surface area contributed by atoms with Crippen molar-refractivity contribution in [2.24, 2.45) is 0 Å². The van der Waals surface area contributed by atoms with Crippen molar-refractivity contribution in [2.45, 2.75) is 367 Å². The van der Waals surface area contributed by atoms with Crippen LogP contribution >= 0.6 is 0 Å². The van der Waals surface area contributed by atoms with Crippen LogP contribution < -0.4 is 0 Å². The second kappa shape index (κ2) is 70.1. The molecule has 6 nitrogen and oxygen atoms in total. The Labute approximate surface area is 509 Å². The highest BCUT2D eigenvalue weighted by Crippen LogP contribution is 2.18. The first-order valence-electron chi connectivity index (χ1n) is 35.6. The Morgan fingerprint density at radius 3 is 0.768 bits per heavy atom. The molecule has 0 bridgehead atoms. The third-order valence-corrected chi connectivity index (χ3v) is 15.6. The first-order valence-corrected chi connectivity index (χ1v) is 35.6. The highest BCUT2D eigenvalue weighted by molar-refractivity contribution is 5.71. The van der Waals surface area contributed by atoms with Gasteiger partial charge in [-0.3, -0.25) is 14.4 Å². The number of esters is 3. The van der Waals surface area contributed by atoms with Gasteiger partial charge in [0.25, 0.3) is 0 Å². The van der Waals surface area contributed by atoms with Crippen molar-refractivity contribution in [3.8, 4) is 0 Å². The minimum Gasteiger partial charge on any atom is -0.462 e. The standard InChI is InChI=1S/C76H134O6/c1-4-7-10-13-16-19-22-25-28-30-32-33-34-35-36-37-38-39-40-41-42-43-44-46-48-51-54-57-60-63-66-69-75(78)81-72-73(71-80-74(77)68-65-62-59-56-53-50-47-27-24-21-18-15-12-9-6-3)82-76(79)70-67-64-61-58-55-52-49-45-31-29-26-23-20-17-14-11-8-5-2/h9,12,18,21-22,25,27,30,32,34-35,47,53,56,73H,4-8,10-11,13-17,19-20,23-24,26,28-29,31,33,36-46,48-52,54-55,57-72H2,1-3H3/b12-9-,21-18-,25-22-,32-30-,35-34-,47-27-,56-53-. The van der Waals surface area contributed by atoms with Crippen LogP contribution in [0.25, 0.3) is 0 Å². The molecule has 0 aliphatic rings. The van der Waals surface area contributed by atoms with Gasteiger partial charge in [0.15, 0.2) is 6.10 Å². The minimum atomic E-state index is -0.793. The van der Waals surface area contributed by atoms with Crippen LogP contribution in [0.15, 0.2) is 85.1 Å². The molecule has 0 saturated heterocycles. The zero-order valence-corrected chi connectivity index (χ0v) is 54.5. The molecule has 0 amide bonds. The van der Waals surface area contributed by atoms with Gasteiger partial charge in [-0.25, -0.2) is 0 Å². The van der Waals surface area contributed by atoms with E-state index in [9.17, 15) is 14.4 Å². The first-order chi connectivity index (χ1) is 40.5. The summed E-state index contributed by atoms with van der Waals surface area (Å²) in [5.74, 6) is -0.909. The summed E-state index contributed by atoms with van der Waals surface area (Å²) in [5.41, 5.74) is 0. The highest BCUT2D eigenvalue weighted by Gasteiger charge is 2.19. The van der Waals surface area contributed by atoms with E-state index >= 15 is 0 Å². The van der Waals surface area contributed by atoms with E-state index in [2.05, 4.69) is 106 Å². The van der Waals surface area contributed by atoms with E-state index in [0.29, 0.717) is 19.3 Å². The number of unbranched alkanes of at least 4 members (excludes halogenated alkanes) is 40. The van der Waals surface area contributed by atoms with Crippen LogP contribution in [0.3, 0.4) is 0 Å². The van der Waals surface area contributed by atoms with Crippen LogP contribution in [-0.4, -0.2) is 37.2 Å². The zero-order chi connectivity index (χ0) is 59.2. The molecule has 6 heteroatoms. The molecule has 0 fully saturated rings. The van der Waals surface area contributed by atoms with Crippen molar-refractivity contribution >= 4 is 17.9 Å². The van der Waals surface area contributed by atoms with Crippen LogP contribution in [0.2, 0.25) is 0 Å². The first kappa shape index (κ1) is 78.6. The van der Waals surface area contributed by atoms with Crippen molar-refractivity contribution < 1.29 is 28.6 Å². The molecule has 0 aromatic heterocycles. The summed E-state index contributed by atoms with van der Waals surface area (Å²) in [6.45, 7) is 6.53. The van der Waals surface area contributed by atoms with Gasteiger partial charge < -0.3 is 14.2 Å². The summed E-state index contributed by atoms with van der Waals surface area (Å²) in [6.07, 6.45) is 93.4. The molecule has 0 heterocycles. The lowest BCUT2D eigenvalue weighted by Crippen LogP contribution is -2.30. The molecule has 0 aromatic carbocycles. The molecule has 0 radical (unpaired) electrons. The van der Waals surface area contributed by atoms with Crippen LogP contribution in [0, 0.1) is 0 Å². The quantitative estimate of drug-likeness (QED) is 0.0261. The average Bonchev–Trinajstić information content (AvgIpc) is 3.47. The molecule has 0 rings (SSSR count). The van der Waals surface area contributed by atoms with Gasteiger partial charge in [0, 0.05) is 19.3 Å². The third-order valence-electron chi connectivity index (χ3n) is 15.6. The monoisotopic (exact) mass is 1140 g/mol.